The fraction of sp³-hybridized carbons (Fsp3) is 0.923. The van der Waals surface area contributed by atoms with Gasteiger partial charge in [-0.25, -0.2) is 0 Å². The molecule has 0 aromatic rings. The normalized spacial score (nSPS) is 21.9. The maximum absolute atomic E-state index is 10.1. The van der Waals surface area contributed by atoms with E-state index >= 15 is 0 Å². The number of guanidine groups is 1. The summed E-state index contributed by atoms with van der Waals surface area (Å²) in [5, 5.41) is 13.4. The van der Waals surface area contributed by atoms with Gasteiger partial charge in [0.15, 0.2) is 5.96 Å². The molecule has 1 fully saturated rings. The molecule has 0 saturated heterocycles. The number of rotatable bonds is 5. The van der Waals surface area contributed by atoms with Crippen molar-refractivity contribution in [2.24, 2.45) is 10.7 Å². The zero-order chi connectivity index (χ0) is 13.6. The first-order valence-corrected chi connectivity index (χ1v) is 6.83. The number of hydrogen-bond donors (Lipinski definition) is 3. The Kier molecular flexibility index (Phi) is 5.88. The van der Waals surface area contributed by atoms with Gasteiger partial charge >= 0.3 is 0 Å². The molecule has 0 spiro atoms. The Balaban J connectivity index is 2.35. The summed E-state index contributed by atoms with van der Waals surface area (Å²) in [7, 11) is 3.86. The Bertz CT molecular complexity index is 270. The van der Waals surface area contributed by atoms with E-state index < -0.39 is 5.60 Å². The zero-order valence-corrected chi connectivity index (χ0v) is 11.9. The second-order valence-electron chi connectivity index (χ2n) is 5.92. The third-order valence-electron chi connectivity index (χ3n) is 3.20. The molecule has 5 nitrogen and oxygen atoms in total. The number of nitrogens with two attached hydrogens (primary N) is 1. The monoisotopic (exact) mass is 256 g/mol. The van der Waals surface area contributed by atoms with Crippen molar-refractivity contribution in [3.05, 3.63) is 0 Å². The minimum Gasteiger partial charge on any atom is -0.387 e. The molecule has 0 aromatic heterocycles. The van der Waals surface area contributed by atoms with Crippen LogP contribution in [0.4, 0.5) is 0 Å². The molecule has 1 atom stereocenters. The van der Waals surface area contributed by atoms with Gasteiger partial charge in [0.25, 0.3) is 0 Å². The van der Waals surface area contributed by atoms with Crippen LogP contribution >= 0.6 is 0 Å². The molecular weight excluding hydrogens is 228 g/mol. The van der Waals surface area contributed by atoms with E-state index in [1.807, 2.05) is 19.0 Å². The molecule has 0 aliphatic heterocycles. The maximum Gasteiger partial charge on any atom is 0.188 e. The van der Waals surface area contributed by atoms with Crippen molar-refractivity contribution < 1.29 is 5.11 Å². The Morgan fingerprint density at radius 2 is 2.00 bits per heavy atom. The molecule has 1 saturated carbocycles. The molecular formula is C13H28N4O. The molecule has 4 N–H and O–H groups in total. The van der Waals surface area contributed by atoms with Gasteiger partial charge in [0.05, 0.1) is 12.1 Å². The zero-order valence-electron chi connectivity index (χ0n) is 11.9. The van der Waals surface area contributed by atoms with E-state index in [0.29, 0.717) is 25.1 Å². The molecule has 0 aromatic carbocycles. The van der Waals surface area contributed by atoms with Crippen LogP contribution in [0.2, 0.25) is 0 Å². The molecule has 0 bridgehead atoms. The Morgan fingerprint density at radius 3 is 2.56 bits per heavy atom. The van der Waals surface area contributed by atoms with E-state index in [0.717, 1.165) is 0 Å². The summed E-state index contributed by atoms with van der Waals surface area (Å²) in [5.74, 6) is 0.459. The van der Waals surface area contributed by atoms with E-state index in [-0.39, 0.29) is 0 Å². The van der Waals surface area contributed by atoms with E-state index in [4.69, 9.17) is 5.73 Å². The number of nitrogens with zero attached hydrogens (tertiary/aromatic N) is 2. The van der Waals surface area contributed by atoms with Gasteiger partial charge in [0, 0.05) is 12.6 Å². The van der Waals surface area contributed by atoms with Crippen LogP contribution < -0.4 is 11.1 Å². The smallest absolute Gasteiger partial charge is 0.188 e. The Hall–Kier alpha value is -0.810. The van der Waals surface area contributed by atoms with Gasteiger partial charge in [0.1, 0.15) is 0 Å². The van der Waals surface area contributed by atoms with Crippen LogP contribution in [0.15, 0.2) is 4.99 Å². The van der Waals surface area contributed by atoms with Gasteiger partial charge in [-0.15, -0.1) is 0 Å². The van der Waals surface area contributed by atoms with Crippen LogP contribution in [-0.4, -0.2) is 54.8 Å². The molecule has 106 valence electrons. The predicted molar refractivity (Wildman–Crippen MR) is 75.7 cm³/mol. The van der Waals surface area contributed by atoms with Gasteiger partial charge < -0.3 is 21.1 Å². The fourth-order valence-electron chi connectivity index (χ4n) is 2.49. The van der Waals surface area contributed by atoms with Crippen molar-refractivity contribution in [3.8, 4) is 0 Å². The van der Waals surface area contributed by atoms with Gasteiger partial charge in [-0.05, 0) is 33.9 Å². The second kappa shape index (κ2) is 6.95. The highest BCUT2D eigenvalue weighted by Crippen LogP contribution is 2.17. The first-order valence-electron chi connectivity index (χ1n) is 6.83. The van der Waals surface area contributed by atoms with E-state index in [2.05, 4.69) is 10.3 Å². The lowest BCUT2D eigenvalue weighted by atomic mass is 9.96. The average Bonchev–Trinajstić information content (AvgIpc) is 2.26. The summed E-state index contributed by atoms with van der Waals surface area (Å²) in [5.41, 5.74) is 5.03. The van der Waals surface area contributed by atoms with Gasteiger partial charge in [0.2, 0.25) is 0 Å². The van der Waals surface area contributed by atoms with Crippen LogP contribution in [-0.2, 0) is 0 Å². The number of aliphatic imine (C=N–C) groups is 1. The highest BCUT2D eigenvalue weighted by molar-refractivity contribution is 5.78. The van der Waals surface area contributed by atoms with Crippen LogP contribution in [0.5, 0.6) is 0 Å². The topological polar surface area (TPSA) is 73.9 Å². The molecule has 1 aliphatic rings. The lowest BCUT2D eigenvalue weighted by Gasteiger charge is -2.26. The number of hydrogen-bond acceptors (Lipinski definition) is 3. The Labute approximate surface area is 110 Å². The standard InChI is InChI=1S/C13H28N4O/c1-13(18,10-17(2)3)9-15-12(14)16-11-7-5-4-6-8-11/h11,18H,4-10H2,1-3H3,(H3,14,15,16). The average molecular weight is 256 g/mol. The Morgan fingerprint density at radius 1 is 1.39 bits per heavy atom. The largest absolute Gasteiger partial charge is 0.387 e. The van der Waals surface area contributed by atoms with Gasteiger partial charge in [-0.3, -0.25) is 4.99 Å². The predicted octanol–water partition coefficient (Wildman–Crippen LogP) is 0.536. The molecule has 18 heavy (non-hydrogen) atoms. The van der Waals surface area contributed by atoms with E-state index in [1.165, 1.54) is 32.1 Å². The first kappa shape index (κ1) is 15.2. The number of aliphatic hydroxyl groups is 1. The SMILES string of the molecule is CN(C)CC(C)(O)CN=C(N)NC1CCCCC1. The van der Waals surface area contributed by atoms with Gasteiger partial charge in [-0.1, -0.05) is 19.3 Å². The van der Waals surface area contributed by atoms with Crippen molar-refractivity contribution in [2.75, 3.05) is 27.2 Å². The summed E-state index contributed by atoms with van der Waals surface area (Å²) in [4.78, 5) is 6.19. The van der Waals surface area contributed by atoms with E-state index in [9.17, 15) is 5.11 Å². The molecule has 0 amide bonds. The minimum atomic E-state index is -0.831. The summed E-state index contributed by atoms with van der Waals surface area (Å²) in [6.07, 6.45) is 6.20. The van der Waals surface area contributed by atoms with E-state index in [1.54, 1.807) is 6.92 Å². The van der Waals surface area contributed by atoms with Crippen molar-refractivity contribution in [1.29, 1.82) is 0 Å². The molecule has 0 radical (unpaired) electrons. The van der Waals surface area contributed by atoms with Crippen LogP contribution in [0, 0.1) is 0 Å². The van der Waals surface area contributed by atoms with Crippen molar-refractivity contribution >= 4 is 5.96 Å². The van der Waals surface area contributed by atoms with Crippen molar-refractivity contribution in [2.45, 2.75) is 50.7 Å². The summed E-state index contributed by atoms with van der Waals surface area (Å²) < 4.78 is 0. The molecule has 0 heterocycles. The molecule has 5 heteroatoms. The van der Waals surface area contributed by atoms with Gasteiger partial charge in [-0.2, -0.15) is 0 Å². The molecule has 1 aliphatic carbocycles. The first-order chi connectivity index (χ1) is 8.39. The number of likely N-dealkylation sites (N-methyl/N-ethyl adjacent to an activating group) is 1. The lowest BCUT2D eigenvalue weighted by Crippen LogP contribution is -2.44. The molecule has 1 unspecified atom stereocenters. The highest BCUT2D eigenvalue weighted by Gasteiger charge is 2.21. The lowest BCUT2D eigenvalue weighted by molar-refractivity contribution is 0.0424. The summed E-state index contributed by atoms with van der Waals surface area (Å²) in [6, 6.07) is 0.460. The highest BCUT2D eigenvalue weighted by atomic mass is 16.3. The van der Waals surface area contributed by atoms with Crippen LogP contribution in [0.3, 0.4) is 0 Å². The third-order valence-corrected chi connectivity index (χ3v) is 3.20. The maximum atomic E-state index is 10.1. The minimum absolute atomic E-state index is 0.330. The van der Waals surface area contributed by atoms with Crippen molar-refractivity contribution in [1.82, 2.24) is 10.2 Å². The summed E-state index contributed by atoms with van der Waals surface area (Å²) in [6.45, 7) is 2.69. The number of nitrogens with one attached hydrogen (secondary N) is 1. The fourth-order valence-corrected chi connectivity index (χ4v) is 2.49. The molecule has 1 rings (SSSR count). The third kappa shape index (κ3) is 6.21. The second-order valence-corrected chi connectivity index (χ2v) is 5.92. The van der Waals surface area contributed by atoms with Crippen LogP contribution in [0.25, 0.3) is 0 Å². The summed E-state index contributed by atoms with van der Waals surface area (Å²) >= 11 is 0. The van der Waals surface area contributed by atoms with Crippen molar-refractivity contribution in [3.63, 3.8) is 0 Å². The van der Waals surface area contributed by atoms with Crippen LogP contribution in [0.1, 0.15) is 39.0 Å². The quantitative estimate of drug-likeness (QED) is 0.496.